The Hall–Kier alpha value is -2.12. The highest BCUT2D eigenvalue weighted by Gasteiger charge is 2.40. The summed E-state index contributed by atoms with van der Waals surface area (Å²) in [7, 11) is 0. The number of nitrogens with zero attached hydrogens (tertiary/aromatic N) is 1. The Morgan fingerprint density at radius 3 is 2.54 bits per heavy atom. The minimum Gasteiger partial charge on any atom is -0.287 e. The zero-order chi connectivity index (χ0) is 18.8. The van der Waals surface area contributed by atoms with Crippen molar-refractivity contribution in [2.75, 3.05) is 4.90 Å². The zero-order valence-electron chi connectivity index (χ0n) is 13.1. The molecule has 1 aliphatic rings. The van der Waals surface area contributed by atoms with Crippen LogP contribution in [0.15, 0.2) is 42.5 Å². The third kappa shape index (κ3) is 3.68. The lowest BCUT2D eigenvalue weighted by atomic mass is 10.2. The van der Waals surface area contributed by atoms with E-state index >= 15 is 0 Å². The molecule has 134 valence electrons. The molecule has 0 aliphatic carbocycles. The van der Waals surface area contributed by atoms with E-state index in [1.807, 2.05) is 0 Å². The Morgan fingerprint density at radius 1 is 1.08 bits per heavy atom. The number of hydrazine groups is 1. The van der Waals surface area contributed by atoms with Crippen LogP contribution in [0.3, 0.4) is 0 Å². The molecule has 1 heterocycles. The van der Waals surface area contributed by atoms with E-state index in [0.717, 1.165) is 4.90 Å². The van der Waals surface area contributed by atoms with Gasteiger partial charge in [-0.25, -0.2) is 10.3 Å². The molecule has 3 amide bonds. The van der Waals surface area contributed by atoms with Crippen molar-refractivity contribution >= 4 is 58.2 Å². The van der Waals surface area contributed by atoms with Crippen LogP contribution in [0.5, 0.6) is 0 Å². The van der Waals surface area contributed by atoms with E-state index in [1.54, 1.807) is 30.3 Å². The summed E-state index contributed by atoms with van der Waals surface area (Å²) < 4.78 is 0. The lowest BCUT2D eigenvalue weighted by Gasteiger charge is -2.17. The minimum atomic E-state index is -0.916. The van der Waals surface area contributed by atoms with Crippen LogP contribution < -0.4 is 15.8 Å². The van der Waals surface area contributed by atoms with Crippen LogP contribution >= 0.6 is 34.8 Å². The number of hydrogen-bond donors (Lipinski definition) is 2. The summed E-state index contributed by atoms with van der Waals surface area (Å²) in [5.74, 6) is -1.47. The van der Waals surface area contributed by atoms with Gasteiger partial charge >= 0.3 is 0 Å². The van der Waals surface area contributed by atoms with Gasteiger partial charge in [0.25, 0.3) is 11.8 Å². The third-order valence-corrected chi connectivity index (χ3v) is 4.81. The fraction of sp³-hybridized carbons (Fsp3) is 0.118. The molecule has 0 radical (unpaired) electrons. The van der Waals surface area contributed by atoms with Gasteiger partial charge in [-0.1, -0.05) is 46.9 Å². The lowest BCUT2D eigenvalue weighted by Crippen LogP contribution is -2.48. The summed E-state index contributed by atoms with van der Waals surface area (Å²) >= 11 is 17.9. The lowest BCUT2D eigenvalue weighted by molar-refractivity contribution is -0.121. The Kier molecular flexibility index (Phi) is 5.48. The Balaban J connectivity index is 1.71. The average Bonchev–Trinajstić information content (AvgIpc) is 2.89. The van der Waals surface area contributed by atoms with Crippen molar-refractivity contribution in [3.8, 4) is 0 Å². The molecule has 2 aromatic rings. The van der Waals surface area contributed by atoms with Crippen LogP contribution in [0.1, 0.15) is 16.8 Å². The van der Waals surface area contributed by atoms with Gasteiger partial charge in [-0.3, -0.25) is 19.8 Å². The van der Waals surface area contributed by atoms with Crippen molar-refractivity contribution in [1.82, 2.24) is 10.9 Å². The van der Waals surface area contributed by atoms with Crippen molar-refractivity contribution in [1.29, 1.82) is 0 Å². The predicted octanol–water partition coefficient (Wildman–Crippen LogP) is 3.21. The molecular formula is C17H12Cl3N3O3. The van der Waals surface area contributed by atoms with Gasteiger partial charge in [0.2, 0.25) is 5.91 Å². The molecule has 1 atom stereocenters. The highest BCUT2D eigenvalue weighted by atomic mass is 35.5. The van der Waals surface area contributed by atoms with E-state index in [0.29, 0.717) is 10.6 Å². The van der Waals surface area contributed by atoms with Crippen LogP contribution in [0, 0.1) is 0 Å². The molecule has 1 saturated heterocycles. The first-order valence-electron chi connectivity index (χ1n) is 7.50. The second-order valence-electron chi connectivity index (χ2n) is 5.51. The molecule has 6 nitrogen and oxygen atoms in total. The quantitative estimate of drug-likeness (QED) is 0.597. The van der Waals surface area contributed by atoms with Gasteiger partial charge in [-0.05, 0) is 30.3 Å². The molecule has 1 fully saturated rings. The first-order valence-corrected chi connectivity index (χ1v) is 8.64. The first-order chi connectivity index (χ1) is 12.4. The third-order valence-electron chi connectivity index (χ3n) is 3.77. The minimum absolute atomic E-state index is 0.111. The zero-order valence-corrected chi connectivity index (χ0v) is 15.4. The Morgan fingerprint density at radius 2 is 1.81 bits per heavy atom. The van der Waals surface area contributed by atoms with Gasteiger partial charge in [-0.2, -0.15) is 0 Å². The molecular weight excluding hydrogens is 401 g/mol. The topological polar surface area (TPSA) is 78.5 Å². The number of carbonyl (C=O) groups is 3. The largest absolute Gasteiger partial charge is 0.287 e. The van der Waals surface area contributed by atoms with E-state index < -0.39 is 23.8 Å². The molecule has 2 aromatic carbocycles. The summed E-state index contributed by atoms with van der Waals surface area (Å²) in [5, 5.41) is 0.751. The monoisotopic (exact) mass is 411 g/mol. The number of halogens is 3. The highest BCUT2D eigenvalue weighted by Crippen LogP contribution is 2.35. The number of carbonyl (C=O) groups excluding carboxylic acids is 3. The molecule has 3 rings (SSSR count). The van der Waals surface area contributed by atoms with Crippen LogP contribution in [0.25, 0.3) is 0 Å². The van der Waals surface area contributed by atoms with Crippen LogP contribution in [0.4, 0.5) is 5.69 Å². The number of nitrogens with one attached hydrogen (secondary N) is 2. The van der Waals surface area contributed by atoms with E-state index in [2.05, 4.69) is 10.9 Å². The number of amides is 3. The molecule has 2 N–H and O–H groups in total. The molecule has 0 aromatic heterocycles. The number of benzene rings is 2. The van der Waals surface area contributed by atoms with Gasteiger partial charge in [0.15, 0.2) is 0 Å². The first kappa shape index (κ1) is 18.7. The number of imide groups is 1. The van der Waals surface area contributed by atoms with E-state index in [4.69, 9.17) is 34.8 Å². The molecule has 26 heavy (non-hydrogen) atoms. The van der Waals surface area contributed by atoms with Gasteiger partial charge < -0.3 is 0 Å². The summed E-state index contributed by atoms with van der Waals surface area (Å²) in [5.41, 5.74) is 5.52. The average molecular weight is 413 g/mol. The van der Waals surface area contributed by atoms with Crippen LogP contribution in [-0.2, 0) is 9.59 Å². The molecule has 0 spiro atoms. The molecule has 0 bridgehead atoms. The maximum absolute atomic E-state index is 12.6. The maximum Gasteiger partial charge on any atom is 0.265 e. The molecule has 1 aliphatic heterocycles. The second-order valence-corrected chi connectivity index (χ2v) is 6.73. The van der Waals surface area contributed by atoms with Crippen molar-refractivity contribution in [2.24, 2.45) is 0 Å². The van der Waals surface area contributed by atoms with Gasteiger partial charge in [0.05, 0.1) is 22.2 Å². The molecule has 9 heteroatoms. The van der Waals surface area contributed by atoms with E-state index in [1.165, 1.54) is 12.1 Å². The molecule has 0 saturated carbocycles. The standard InChI is InChI=1S/C17H12Cl3N3O3/c18-10-4-1-3-9(7-10)16(25)22-21-12-8-14(24)23(17(12)26)13-6-2-5-11(19)15(13)20/h1-7,12,21H,8H2,(H,22,25)/t12-/m1/s1. The van der Waals surface area contributed by atoms with Crippen molar-refractivity contribution in [2.45, 2.75) is 12.5 Å². The fourth-order valence-electron chi connectivity index (χ4n) is 2.52. The maximum atomic E-state index is 12.6. The van der Waals surface area contributed by atoms with Crippen molar-refractivity contribution < 1.29 is 14.4 Å². The highest BCUT2D eigenvalue weighted by molar-refractivity contribution is 6.45. The normalized spacial score (nSPS) is 16.9. The summed E-state index contributed by atoms with van der Waals surface area (Å²) in [6.45, 7) is 0. The molecule has 0 unspecified atom stereocenters. The number of anilines is 1. The predicted molar refractivity (Wildman–Crippen MR) is 99.4 cm³/mol. The SMILES string of the molecule is O=C(NN[C@@H]1CC(=O)N(c2cccc(Cl)c2Cl)C1=O)c1cccc(Cl)c1. The van der Waals surface area contributed by atoms with Gasteiger partial charge in [-0.15, -0.1) is 0 Å². The van der Waals surface area contributed by atoms with Crippen molar-refractivity contribution in [3.63, 3.8) is 0 Å². The summed E-state index contributed by atoms with van der Waals surface area (Å²) in [4.78, 5) is 37.9. The Bertz CT molecular complexity index is 904. The number of hydrogen-bond acceptors (Lipinski definition) is 4. The summed E-state index contributed by atoms with van der Waals surface area (Å²) in [6.07, 6.45) is -0.127. The fourth-order valence-corrected chi connectivity index (χ4v) is 3.09. The smallest absolute Gasteiger partial charge is 0.265 e. The second kappa shape index (κ2) is 7.63. The Labute approximate surface area is 164 Å². The van der Waals surface area contributed by atoms with Crippen LogP contribution in [-0.4, -0.2) is 23.8 Å². The van der Waals surface area contributed by atoms with Crippen molar-refractivity contribution in [3.05, 3.63) is 63.1 Å². The van der Waals surface area contributed by atoms with Gasteiger partial charge in [0, 0.05) is 10.6 Å². The van der Waals surface area contributed by atoms with E-state index in [9.17, 15) is 14.4 Å². The van der Waals surface area contributed by atoms with E-state index in [-0.39, 0.29) is 22.2 Å². The number of rotatable bonds is 4. The van der Waals surface area contributed by atoms with Crippen LogP contribution in [0.2, 0.25) is 15.1 Å². The summed E-state index contributed by atoms with van der Waals surface area (Å²) in [6, 6.07) is 10.1. The van der Waals surface area contributed by atoms with Gasteiger partial charge in [0.1, 0.15) is 6.04 Å².